The molecule has 0 spiro atoms. The van der Waals surface area contributed by atoms with Gasteiger partial charge in [-0.25, -0.2) is 4.39 Å². The Hall–Kier alpha value is -1.17. The second-order valence-electron chi connectivity index (χ2n) is 4.38. The van der Waals surface area contributed by atoms with Gasteiger partial charge in [-0.2, -0.15) is 0 Å². The van der Waals surface area contributed by atoms with E-state index in [1.807, 2.05) is 13.0 Å². The summed E-state index contributed by atoms with van der Waals surface area (Å²) in [5, 5.41) is 3.16. The first kappa shape index (κ1) is 16.9. The van der Waals surface area contributed by atoms with E-state index in [-0.39, 0.29) is 5.82 Å². The number of hydrogen-bond acceptors (Lipinski definition) is 4. The van der Waals surface area contributed by atoms with Gasteiger partial charge in [0.15, 0.2) is 0 Å². The zero-order valence-corrected chi connectivity index (χ0v) is 12.3. The van der Waals surface area contributed by atoms with Crippen molar-refractivity contribution in [3.8, 4) is 5.75 Å². The number of hydrogen-bond donors (Lipinski definition) is 1. The van der Waals surface area contributed by atoms with Crippen molar-refractivity contribution in [2.24, 2.45) is 0 Å². The topological polar surface area (TPSA) is 39.7 Å². The van der Waals surface area contributed by atoms with Gasteiger partial charge >= 0.3 is 0 Å². The molecular weight excluding hydrogens is 261 g/mol. The Morgan fingerprint density at radius 1 is 1.10 bits per heavy atom. The molecule has 0 atom stereocenters. The summed E-state index contributed by atoms with van der Waals surface area (Å²) in [4.78, 5) is 0. The molecule has 20 heavy (non-hydrogen) atoms. The number of halogens is 1. The standard InChI is InChI=1S/C15H24FNO3/c1-3-17-12-13-9-14(16)11-15(10-13)20-6-4-5-19-8-7-18-2/h9-11,17H,3-8,12H2,1-2H3. The van der Waals surface area contributed by atoms with Gasteiger partial charge in [-0.3, -0.25) is 0 Å². The maximum Gasteiger partial charge on any atom is 0.127 e. The SMILES string of the molecule is CCNCc1cc(F)cc(OCCCOCCOC)c1. The molecule has 0 aliphatic rings. The number of methoxy groups -OCH3 is 1. The monoisotopic (exact) mass is 285 g/mol. The normalized spacial score (nSPS) is 10.8. The van der Waals surface area contributed by atoms with Crippen LogP contribution in [0.2, 0.25) is 0 Å². The highest BCUT2D eigenvalue weighted by atomic mass is 19.1. The number of benzene rings is 1. The van der Waals surface area contributed by atoms with Gasteiger partial charge < -0.3 is 19.5 Å². The Balaban J connectivity index is 2.26. The smallest absolute Gasteiger partial charge is 0.127 e. The molecule has 4 nitrogen and oxygen atoms in total. The summed E-state index contributed by atoms with van der Waals surface area (Å²) in [6.07, 6.45) is 0.767. The van der Waals surface area contributed by atoms with Crippen LogP contribution in [0.1, 0.15) is 18.9 Å². The summed E-state index contributed by atoms with van der Waals surface area (Å²) in [7, 11) is 1.64. The summed E-state index contributed by atoms with van der Waals surface area (Å²) in [5.41, 5.74) is 0.887. The largest absolute Gasteiger partial charge is 0.493 e. The van der Waals surface area contributed by atoms with Crippen LogP contribution in [-0.2, 0) is 16.0 Å². The highest BCUT2D eigenvalue weighted by Crippen LogP contribution is 2.16. The summed E-state index contributed by atoms with van der Waals surface area (Å²) in [6.45, 7) is 5.82. The number of rotatable bonds is 11. The van der Waals surface area contributed by atoms with Crippen molar-refractivity contribution in [2.45, 2.75) is 19.9 Å². The molecule has 0 heterocycles. The molecule has 5 heteroatoms. The molecule has 1 N–H and O–H groups in total. The van der Waals surface area contributed by atoms with Gasteiger partial charge in [0.05, 0.1) is 19.8 Å². The zero-order valence-electron chi connectivity index (χ0n) is 12.3. The lowest BCUT2D eigenvalue weighted by atomic mass is 10.2. The third-order valence-corrected chi connectivity index (χ3v) is 2.64. The van der Waals surface area contributed by atoms with Gasteiger partial charge in [-0.05, 0) is 24.2 Å². The van der Waals surface area contributed by atoms with Gasteiger partial charge in [0, 0.05) is 32.7 Å². The molecule has 0 aromatic heterocycles. The van der Waals surface area contributed by atoms with Gasteiger partial charge in [0.2, 0.25) is 0 Å². The van der Waals surface area contributed by atoms with Crippen molar-refractivity contribution >= 4 is 0 Å². The summed E-state index contributed by atoms with van der Waals surface area (Å²) >= 11 is 0. The second-order valence-corrected chi connectivity index (χ2v) is 4.38. The van der Waals surface area contributed by atoms with Crippen LogP contribution >= 0.6 is 0 Å². The first-order chi connectivity index (χ1) is 9.76. The molecule has 114 valence electrons. The molecule has 0 saturated carbocycles. The third kappa shape index (κ3) is 7.43. The summed E-state index contributed by atoms with van der Waals surface area (Å²) < 4.78 is 29.2. The summed E-state index contributed by atoms with van der Waals surface area (Å²) in [5.74, 6) is 0.293. The molecule has 0 unspecified atom stereocenters. The van der Waals surface area contributed by atoms with Crippen molar-refractivity contribution in [2.75, 3.05) is 40.1 Å². The fourth-order valence-electron chi connectivity index (χ4n) is 1.67. The molecule has 0 radical (unpaired) electrons. The van der Waals surface area contributed by atoms with E-state index in [4.69, 9.17) is 14.2 Å². The zero-order chi connectivity index (χ0) is 14.6. The van der Waals surface area contributed by atoms with Crippen LogP contribution in [0.15, 0.2) is 18.2 Å². The van der Waals surface area contributed by atoms with E-state index in [0.717, 1.165) is 18.5 Å². The molecule has 0 aliphatic heterocycles. The quantitative estimate of drug-likeness (QED) is 0.634. The Kier molecular flexibility index (Phi) is 8.95. The minimum Gasteiger partial charge on any atom is -0.493 e. The van der Waals surface area contributed by atoms with Crippen molar-refractivity contribution in [3.63, 3.8) is 0 Å². The van der Waals surface area contributed by atoms with Crippen LogP contribution in [0.25, 0.3) is 0 Å². The van der Waals surface area contributed by atoms with Crippen molar-refractivity contribution < 1.29 is 18.6 Å². The Labute approximate surface area is 120 Å². The average molecular weight is 285 g/mol. The lowest BCUT2D eigenvalue weighted by Crippen LogP contribution is -2.12. The van der Waals surface area contributed by atoms with E-state index in [0.29, 0.717) is 38.7 Å². The van der Waals surface area contributed by atoms with Crippen LogP contribution in [0.5, 0.6) is 5.75 Å². The van der Waals surface area contributed by atoms with Crippen LogP contribution in [0.3, 0.4) is 0 Å². The fraction of sp³-hybridized carbons (Fsp3) is 0.600. The molecule has 0 bridgehead atoms. The molecule has 0 saturated heterocycles. The van der Waals surface area contributed by atoms with Gasteiger partial charge in [0.25, 0.3) is 0 Å². The maximum atomic E-state index is 13.4. The van der Waals surface area contributed by atoms with Crippen molar-refractivity contribution in [3.05, 3.63) is 29.6 Å². The van der Waals surface area contributed by atoms with E-state index in [9.17, 15) is 4.39 Å². The van der Waals surface area contributed by atoms with Crippen molar-refractivity contribution in [1.82, 2.24) is 5.32 Å². The van der Waals surface area contributed by atoms with E-state index < -0.39 is 0 Å². The summed E-state index contributed by atoms with van der Waals surface area (Å²) in [6, 6.07) is 4.78. The number of ether oxygens (including phenoxy) is 3. The maximum absolute atomic E-state index is 13.4. The van der Waals surface area contributed by atoms with Gasteiger partial charge in [-0.1, -0.05) is 6.92 Å². The highest BCUT2D eigenvalue weighted by molar-refractivity contribution is 5.29. The van der Waals surface area contributed by atoms with Crippen LogP contribution in [-0.4, -0.2) is 40.1 Å². The van der Waals surface area contributed by atoms with Crippen LogP contribution < -0.4 is 10.1 Å². The lowest BCUT2D eigenvalue weighted by molar-refractivity contribution is 0.0644. The molecular formula is C15H24FNO3. The van der Waals surface area contributed by atoms with Crippen LogP contribution in [0, 0.1) is 5.82 Å². The van der Waals surface area contributed by atoms with E-state index in [1.54, 1.807) is 7.11 Å². The highest BCUT2D eigenvalue weighted by Gasteiger charge is 2.02. The predicted octanol–water partition coefficient (Wildman–Crippen LogP) is 2.37. The Bertz CT molecular complexity index is 374. The van der Waals surface area contributed by atoms with Gasteiger partial charge in [-0.15, -0.1) is 0 Å². The number of nitrogens with one attached hydrogen (secondary N) is 1. The Morgan fingerprint density at radius 2 is 1.95 bits per heavy atom. The van der Waals surface area contributed by atoms with E-state index in [1.165, 1.54) is 12.1 Å². The minimum atomic E-state index is -0.272. The van der Waals surface area contributed by atoms with E-state index in [2.05, 4.69) is 5.32 Å². The van der Waals surface area contributed by atoms with Gasteiger partial charge in [0.1, 0.15) is 11.6 Å². The predicted molar refractivity (Wildman–Crippen MR) is 76.6 cm³/mol. The molecule has 1 rings (SSSR count). The lowest BCUT2D eigenvalue weighted by Gasteiger charge is -2.09. The van der Waals surface area contributed by atoms with Crippen LogP contribution in [0.4, 0.5) is 4.39 Å². The Morgan fingerprint density at radius 3 is 2.70 bits per heavy atom. The van der Waals surface area contributed by atoms with E-state index >= 15 is 0 Å². The molecule has 1 aromatic carbocycles. The molecule has 0 amide bonds. The second kappa shape index (κ2) is 10.6. The first-order valence-electron chi connectivity index (χ1n) is 6.96. The first-order valence-corrected chi connectivity index (χ1v) is 6.96. The molecule has 0 fully saturated rings. The fourth-order valence-corrected chi connectivity index (χ4v) is 1.67. The van der Waals surface area contributed by atoms with Crippen molar-refractivity contribution in [1.29, 1.82) is 0 Å². The minimum absolute atomic E-state index is 0.272. The molecule has 0 aliphatic carbocycles. The third-order valence-electron chi connectivity index (χ3n) is 2.64. The average Bonchev–Trinajstić information content (AvgIpc) is 2.43. The molecule has 1 aromatic rings.